The molecule has 0 aromatic rings. The number of rotatable bonds is 45. The number of hydrogen-bond donors (Lipinski definition) is 7. The monoisotopic (exact) mass is 874 g/mol. The molecule has 0 saturated heterocycles. The molecule has 0 rings (SSSR count). The van der Waals surface area contributed by atoms with E-state index in [1.807, 2.05) is 0 Å². The zero-order valence-corrected chi connectivity index (χ0v) is 37.0. The second-order valence-electron chi connectivity index (χ2n) is 15.1. The first-order chi connectivity index (χ1) is 29.5. The van der Waals surface area contributed by atoms with Gasteiger partial charge in [-0.25, -0.2) is 4.79 Å². The number of carbonyl (C=O) groups is 7. The average molecular weight is 874 g/mol. The maximum atomic E-state index is 12.3. The van der Waals surface area contributed by atoms with Crippen LogP contribution in [0.3, 0.4) is 0 Å². The molecule has 354 valence electrons. The lowest BCUT2D eigenvalue weighted by atomic mass is 10.0. The molecular weight excluding hydrogens is 794 g/mol. The molecule has 0 radical (unpaired) electrons. The first-order valence-corrected chi connectivity index (χ1v) is 22.6. The first-order valence-electron chi connectivity index (χ1n) is 22.6. The van der Waals surface area contributed by atoms with Gasteiger partial charge < -0.3 is 55.7 Å². The van der Waals surface area contributed by atoms with Crippen molar-refractivity contribution in [2.45, 2.75) is 154 Å². The molecule has 0 bridgehead atoms. The van der Waals surface area contributed by atoms with E-state index in [4.69, 9.17) is 24.1 Å². The Morgan fingerprint density at radius 1 is 0.410 bits per heavy atom. The van der Waals surface area contributed by atoms with Crippen LogP contribution < -0.4 is 26.6 Å². The summed E-state index contributed by atoms with van der Waals surface area (Å²) in [6, 6.07) is -1.13. The second-order valence-corrected chi connectivity index (χ2v) is 15.1. The largest absolute Gasteiger partial charge is 0.481 e. The Balaban J connectivity index is 3.62. The molecule has 61 heavy (non-hydrogen) atoms. The van der Waals surface area contributed by atoms with Crippen LogP contribution >= 0.6 is 0 Å². The molecule has 0 saturated carbocycles. The summed E-state index contributed by atoms with van der Waals surface area (Å²) in [5.41, 5.74) is 0. The van der Waals surface area contributed by atoms with E-state index in [-0.39, 0.29) is 115 Å². The summed E-state index contributed by atoms with van der Waals surface area (Å²) in [5.74, 6) is -3.33. The highest BCUT2D eigenvalue weighted by Gasteiger charge is 2.20. The molecule has 18 heteroatoms. The Morgan fingerprint density at radius 3 is 1.21 bits per heavy atom. The SMILES string of the molecule is CC(=O)NCCNC(=O)COCCOCCNC(=O)COCCOCCNC(=O)CC[C@H](NC(=O)CCCCCCCCCCCCCCCCCCCCC(=O)O)C(=O)O. The third kappa shape index (κ3) is 44.0. The van der Waals surface area contributed by atoms with Gasteiger partial charge in [-0.15, -0.1) is 0 Å². The van der Waals surface area contributed by atoms with E-state index in [1.165, 1.54) is 77.6 Å². The van der Waals surface area contributed by atoms with Crippen molar-refractivity contribution in [3.63, 3.8) is 0 Å². The number of unbranched alkanes of at least 4 members (excludes halogenated alkanes) is 17. The minimum atomic E-state index is -1.18. The smallest absolute Gasteiger partial charge is 0.326 e. The predicted molar refractivity (Wildman–Crippen MR) is 230 cm³/mol. The van der Waals surface area contributed by atoms with Crippen molar-refractivity contribution in [1.29, 1.82) is 0 Å². The summed E-state index contributed by atoms with van der Waals surface area (Å²) < 4.78 is 21.2. The minimum absolute atomic E-state index is 0.0209. The zero-order chi connectivity index (χ0) is 45.0. The molecule has 0 aliphatic heterocycles. The number of carboxylic acid groups (broad SMARTS) is 2. The molecular formula is C43H79N5O13. The van der Waals surface area contributed by atoms with Crippen LogP contribution in [0.5, 0.6) is 0 Å². The lowest BCUT2D eigenvalue weighted by Gasteiger charge is -2.14. The van der Waals surface area contributed by atoms with E-state index in [0.717, 1.165) is 38.5 Å². The number of ether oxygens (including phenoxy) is 4. The molecule has 0 aromatic carbocycles. The van der Waals surface area contributed by atoms with Crippen LogP contribution in [0.15, 0.2) is 0 Å². The fourth-order valence-electron chi connectivity index (χ4n) is 6.12. The Morgan fingerprint density at radius 2 is 0.787 bits per heavy atom. The van der Waals surface area contributed by atoms with Crippen molar-refractivity contribution in [3.05, 3.63) is 0 Å². The standard InChI is InChI=1S/C43H79N5O13/c1-36(49)44-24-25-45-40(52)34-60-32-31-59-29-27-47-41(53)35-61-33-30-58-28-26-46-38(50)23-22-37(43(56)57)48-39(51)20-18-16-14-12-10-8-6-4-2-3-5-7-9-11-13-15-17-19-21-42(54)55/h37H,2-35H2,1H3,(H,44,49)(H,45,52)(H,46,50)(H,47,53)(H,48,51)(H,54,55)(H,56,57)/t37-/m0/s1. The number of amides is 5. The lowest BCUT2D eigenvalue weighted by Crippen LogP contribution is -2.41. The molecule has 0 aliphatic rings. The summed E-state index contributed by atoms with van der Waals surface area (Å²) >= 11 is 0. The quantitative estimate of drug-likeness (QED) is 0.0431. The second kappa shape index (κ2) is 42.8. The maximum Gasteiger partial charge on any atom is 0.326 e. The number of aliphatic carboxylic acids is 2. The van der Waals surface area contributed by atoms with Crippen LogP contribution in [0.4, 0.5) is 0 Å². The number of hydrogen-bond acceptors (Lipinski definition) is 11. The van der Waals surface area contributed by atoms with Crippen molar-refractivity contribution in [2.24, 2.45) is 0 Å². The Kier molecular flexibility index (Phi) is 40.1. The first kappa shape index (κ1) is 57.1. The van der Waals surface area contributed by atoms with Crippen LogP contribution in [0.1, 0.15) is 148 Å². The van der Waals surface area contributed by atoms with Crippen LogP contribution in [0.25, 0.3) is 0 Å². The molecule has 18 nitrogen and oxygen atoms in total. The number of nitrogens with one attached hydrogen (secondary N) is 5. The van der Waals surface area contributed by atoms with E-state index in [9.17, 15) is 38.7 Å². The number of carboxylic acids is 2. The van der Waals surface area contributed by atoms with Crippen molar-refractivity contribution in [3.8, 4) is 0 Å². The number of carbonyl (C=O) groups excluding carboxylic acids is 5. The molecule has 0 aliphatic carbocycles. The van der Waals surface area contributed by atoms with Crippen LogP contribution in [-0.4, -0.2) is 137 Å². The average Bonchev–Trinajstić information content (AvgIpc) is 3.21. The maximum absolute atomic E-state index is 12.3. The Labute approximate surface area is 363 Å². The summed E-state index contributed by atoms with van der Waals surface area (Å²) in [6.45, 7) is 3.54. The zero-order valence-electron chi connectivity index (χ0n) is 37.0. The predicted octanol–water partition coefficient (Wildman–Crippen LogP) is 3.77. The van der Waals surface area contributed by atoms with Crippen molar-refractivity contribution < 1.29 is 62.7 Å². The van der Waals surface area contributed by atoms with Crippen LogP contribution in [0, 0.1) is 0 Å². The highest BCUT2D eigenvalue weighted by Crippen LogP contribution is 2.15. The van der Waals surface area contributed by atoms with Gasteiger partial charge >= 0.3 is 11.9 Å². The fourth-order valence-corrected chi connectivity index (χ4v) is 6.12. The third-order valence-corrected chi connectivity index (χ3v) is 9.51. The molecule has 0 unspecified atom stereocenters. The summed E-state index contributed by atoms with van der Waals surface area (Å²) in [6.07, 6.45) is 21.1. The molecule has 0 fully saturated rings. The van der Waals surface area contributed by atoms with E-state index in [1.54, 1.807) is 0 Å². The van der Waals surface area contributed by atoms with E-state index < -0.39 is 18.0 Å². The van der Waals surface area contributed by atoms with Gasteiger partial charge in [-0.1, -0.05) is 103 Å². The Bertz CT molecular complexity index is 1180. The van der Waals surface area contributed by atoms with Crippen molar-refractivity contribution in [2.75, 3.05) is 79.0 Å². The van der Waals surface area contributed by atoms with E-state index >= 15 is 0 Å². The third-order valence-electron chi connectivity index (χ3n) is 9.51. The van der Waals surface area contributed by atoms with Gasteiger partial charge in [0.15, 0.2) is 0 Å². The summed E-state index contributed by atoms with van der Waals surface area (Å²) in [4.78, 5) is 80.9. The van der Waals surface area contributed by atoms with Gasteiger partial charge in [0.2, 0.25) is 29.5 Å². The van der Waals surface area contributed by atoms with Crippen LogP contribution in [0.2, 0.25) is 0 Å². The van der Waals surface area contributed by atoms with Crippen molar-refractivity contribution >= 4 is 41.5 Å². The van der Waals surface area contributed by atoms with Gasteiger partial charge in [-0.2, -0.15) is 0 Å². The topological polar surface area (TPSA) is 257 Å². The van der Waals surface area contributed by atoms with Gasteiger partial charge in [-0.05, 0) is 19.3 Å². The molecule has 0 heterocycles. The minimum Gasteiger partial charge on any atom is -0.481 e. The highest BCUT2D eigenvalue weighted by molar-refractivity contribution is 5.84. The highest BCUT2D eigenvalue weighted by atomic mass is 16.5. The molecule has 5 amide bonds. The van der Waals surface area contributed by atoms with Gasteiger partial charge in [0, 0.05) is 52.4 Å². The van der Waals surface area contributed by atoms with E-state index in [2.05, 4.69) is 26.6 Å². The van der Waals surface area contributed by atoms with Gasteiger partial charge in [0.25, 0.3) is 0 Å². The lowest BCUT2D eigenvalue weighted by molar-refractivity contribution is -0.142. The molecule has 0 aromatic heterocycles. The fraction of sp³-hybridized carbons (Fsp3) is 0.837. The van der Waals surface area contributed by atoms with Gasteiger partial charge in [0.1, 0.15) is 19.3 Å². The van der Waals surface area contributed by atoms with E-state index in [0.29, 0.717) is 25.9 Å². The summed E-state index contributed by atoms with van der Waals surface area (Å²) in [5, 5.41) is 31.2. The molecule has 0 spiro atoms. The summed E-state index contributed by atoms with van der Waals surface area (Å²) in [7, 11) is 0. The van der Waals surface area contributed by atoms with Crippen LogP contribution in [-0.2, 0) is 52.5 Å². The van der Waals surface area contributed by atoms with Crippen molar-refractivity contribution in [1.82, 2.24) is 26.6 Å². The van der Waals surface area contributed by atoms with Gasteiger partial charge in [-0.3, -0.25) is 28.8 Å². The normalized spacial score (nSPS) is 11.4. The Hall–Kier alpha value is -3.87. The molecule has 7 N–H and O–H groups in total. The van der Waals surface area contributed by atoms with Gasteiger partial charge in [0.05, 0.1) is 39.6 Å². The molecule has 1 atom stereocenters.